The third-order valence-electron chi connectivity index (χ3n) is 13.9. The first kappa shape index (κ1) is 44.6. The first-order valence-electron chi connectivity index (χ1n) is 23.7. The average molecular weight is 769 g/mol. The lowest BCUT2D eigenvalue weighted by Gasteiger charge is -2.44. The average Bonchev–Trinajstić information content (AvgIpc) is 3.22. The van der Waals surface area contributed by atoms with Gasteiger partial charge in [-0.3, -0.25) is 0 Å². The van der Waals surface area contributed by atoms with E-state index in [-0.39, 0.29) is 5.41 Å². The summed E-state index contributed by atoms with van der Waals surface area (Å²) in [5.41, 5.74) is 25.8. The van der Waals surface area contributed by atoms with Crippen LogP contribution in [-0.2, 0) is 5.41 Å². The molecule has 2 unspecified atom stereocenters. The minimum atomic E-state index is 0.0191. The monoisotopic (exact) mass is 769 g/mol. The fourth-order valence-corrected chi connectivity index (χ4v) is 10.6. The molecular formula is C55H80N2. The summed E-state index contributed by atoms with van der Waals surface area (Å²) in [6.45, 7) is 11.5. The Balaban J connectivity index is 1.51. The van der Waals surface area contributed by atoms with Gasteiger partial charge in [0.25, 0.3) is 0 Å². The molecule has 0 bridgehead atoms. The Morgan fingerprint density at radius 3 is 1.30 bits per heavy atom. The summed E-state index contributed by atoms with van der Waals surface area (Å²) in [6, 6.07) is 33.5. The van der Waals surface area contributed by atoms with Crippen molar-refractivity contribution in [2.45, 2.75) is 193 Å². The third kappa shape index (κ3) is 12.0. The molecule has 2 heteroatoms. The van der Waals surface area contributed by atoms with Gasteiger partial charge in [0.2, 0.25) is 0 Å². The van der Waals surface area contributed by atoms with Crippen molar-refractivity contribution in [1.82, 2.24) is 0 Å². The fourth-order valence-electron chi connectivity index (χ4n) is 10.6. The Kier molecular flexibility index (Phi) is 18.1. The van der Waals surface area contributed by atoms with Gasteiger partial charge in [0.15, 0.2) is 0 Å². The highest BCUT2D eigenvalue weighted by molar-refractivity contribution is 5.51. The zero-order chi connectivity index (χ0) is 40.5. The van der Waals surface area contributed by atoms with E-state index in [0.717, 1.165) is 11.4 Å². The first-order chi connectivity index (χ1) is 27.8. The second kappa shape index (κ2) is 23.2. The number of benzene rings is 4. The van der Waals surface area contributed by atoms with Gasteiger partial charge >= 0.3 is 0 Å². The molecule has 1 saturated carbocycles. The predicted molar refractivity (Wildman–Crippen MR) is 251 cm³/mol. The molecule has 0 spiro atoms. The van der Waals surface area contributed by atoms with E-state index in [1.807, 2.05) is 0 Å². The Morgan fingerprint density at radius 1 is 0.491 bits per heavy atom. The molecular weight excluding hydrogens is 689 g/mol. The molecule has 0 heterocycles. The maximum atomic E-state index is 6.27. The van der Waals surface area contributed by atoms with Gasteiger partial charge in [0.1, 0.15) is 0 Å². The van der Waals surface area contributed by atoms with Crippen LogP contribution in [0.3, 0.4) is 0 Å². The molecule has 1 aliphatic rings. The number of hydrogen-bond acceptors (Lipinski definition) is 2. The van der Waals surface area contributed by atoms with Gasteiger partial charge in [-0.25, -0.2) is 0 Å². The van der Waals surface area contributed by atoms with E-state index in [0.29, 0.717) is 17.8 Å². The van der Waals surface area contributed by atoms with E-state index in [1.165, 1.54) is 186 Å². The molecule has 0 aliphatic heterocycles. The van der Waals surface area contributed by atoms with Crippen LogP contribution < -0.4 is 11.5 Å². The van der Waals surface area contributed by atoms with Crippen LogP contribution in [0.15, 0.2) is 84.9 Å². The zero-order valence-corrected chi connectivity index (χ0v) is 37.0. The smallest absolute Gasteiger partial charge is 0.0316 e. The van der Waals surface area contributed by atoms with Gasteiger partial charge in [-0.05, 0) is 121 Å². The molecule has 2 atom stereocenters. The topological polar surface area (TPSA) is 52.0 Å². The quantitative estimate of drug-likeness (QED) is 0.0551. The van der Waals surface area contributed by atoms with E-state index in [1.54, 1.807) is 0 Å². The number of nitrogens with two attached hydrogens (primary N) is 2. The summed E-state index contributed by atoms with van der Waals surface area (Å²) in [4.78, 5) is 0. The fraction of sp³-hybridized carbons (Fsp3) is 0.564. The highest BCUT2D eigenvalue weighted by atomic mass is 14.5. The molecule has 0 aromatic heterocycles. The van der Waals surface area contributed by atoms with Crippen LogP contribution in [0.25, 0.3) is 0 Å². The number of rotatable bonds is 24. The number of nitrogen functional groups attached to an aromatic ring is 2. The van der Waals surface area contributed by atoms with Crippen molar-refractivity contribution < 1.29 is 0 Å². The number of aryl methyl sites for hydroxylation is 2. The van der Waals surface area contributed by atoms with Crippen molar-refractivity contribution in [2.24, 2.45) is 5.92 Å². The third-order valence-corrected chi connectivity index (χ3v) is 13.9. The number of hydrogen-bond donors (Lipinski definition) is 2. The molecule has 310 valence electrons. The Bertz CT molecular complexity index is 1610. The lowest BCUT2D eigenvalue weighted by atomic mass is 9.59. The molecule has 4 aromatic carbocycles. The molecule has 5 rings (SSSR count). The summed E-state index contributed by atoms with van der Waals surface area (Å²) < 4.78 is 0. The molecule has 1 aliphatic carbocycles. The molecule has 1 fully saturated rings. The lowest BCUT2D eigenvalue weighted by Crippen LogP contribution is -2.38. The van der Waals surface area contributed by atoms with Crippen LogP contribution in [0.1, 0.15) is 218 Å². The van der Waals surface area contributed by atoms with Gasteiger partial charge in [-0.1, -0.05) is 191 Å². The van der Waals surface area contributed by atoms with Crippen LogP contribution in [0.2, 0.25) is 0 Å². The predicted octanol–water partition coefficient (Wildman–Crippen LogP) is 16.3. The summed E-state index contributed by atoms with van der Waals surface area (Å²) in [6.07, 6.45) is 28.7. The highest BCUT2D eigenvalue weighted by Crippen LogP contribution is 2.50. The molecule has 4 N–H and O–H groups in total. The van der Waals surface area contributed by atoms with E-state index in [9.17, 15) is 0 Å². The van der Waals surface area contributed by atoms with Gasteiger partial charge < -0.3 is 11.5 Å². The van der Waals surface area contributed by atoms with Crippen LogP contribution in [0.4, 0.5) is 11.4 Å². The van der Waals surface area contributed by atoms with E-state index >= 15 is 0 Å². The van der Waals surface area contributed by atoms with E-state index in [2.05, 4.69) is 120 Å². The van der Waals surface area contributed by atoms with Crippen LogP contribution in [-0.4, -0.2) is 0 Å². The van der Waals surface area contributed by atoms with Crippen molar-refractivity contribution >= 4 is 11.4 Å². The molecule has 0 radical (unpaired) electrons. The molecule has 0 saturated heterocycles. The van der Waals surface area contributed by atoms with Crippen molar-refractivity contribution in [2.75, 3.05) is 11.5 Å². The minimum Gasteiger partial charge on any atom is -0.399 e. The van der Waals surface area contributed by atoms with E-state index < -0.39 is 0 Å². The molecule has 2 nitrogen and oxygen atoms in total. The minimum absolute atomic E-state index is 0.0191. The maximum absolute atomic E-state index is 6.27. The maximum Gasteiger partial charge on any atom is 0.0316 e. The molecule has 57 heavy (non-hydrogen) atoms. The summed E-state index contributed by atoms with van der Waals surface area (Å²) in [5.74, 6) is 1.45. The van der Waals surface area contributed by atoms with Crippen molar-refractivity contribution in [3.05, 3.63) is 129 Å². The summed E-state index contributed by atoms with van der Waals surface area (Å²) in [5, 5.41) is 0. The first-order valence-corrected chi connectivity index (χ1v) is 23.7. The van der Waals surface area contributed by atoms with Crippen LogP contribution in [0, 0.1) is 19.8 Å². The summed E-state index contributed by atoms with van der Waals surface area (Å²) in [7, 11) is 0. The zero-order valence-electron chi connectivity index (χ0n) is 37.0. The number of unbranched alkanes of at least 4 members (excludes halogenated alkanes) is 11. The largest absolute Gasteiger partial charge is 0.399 e. The van der Waals surface area contributed by atoms with Gasteiger partial charge in [0.05, 0.1) is 0 Å². The van der Waals surface area contributed by atoms with Gasteiger partial charge in [0, 0.05) is 28.6 Å². The Morgan fingerprint density at radius 2 is 0.895 bits per heavy atom. The Hall–Kier alpha value is -3.52. The number of anilines is 2. The van der Waals surface area contributed by atoms with Crippen LogP contribution >= 0.6 is 0 Å². The summed E-state index contributed by atoms with van der Waals surface area (Å²) >= 11 is 0. The lowest BCUT2D eigenvalue weighted by molar-refractivity contribution is 0.221. The normalized spacial score (nSPS) is 15.7. The van der Waals surface area contributed by atoms with Crippen LogP contribution in [0.5, 0.6) is 0 Å². The van der Waals surface area contributed by atoms with E-state index in [4.69, 9.17) is 11.5 Å². The second-order valence-electron chi connectivity index (χ2n) is 18.1. The highest BCUT2D eigenvalue weighted by Gasteiger charge is 2.42. The molecule has 0 amide bonds. The standard InChI is InChI=1S/C55H80N2/c1-6-9-12-14-16-21-25-53(51-37-35-49(56)40-42(51)4)44-27-31-47(32-28-44)55(39-11-8-3,46-23-19-18-20-24-46)48-33-29-45(30-34-48)54(26-22-17-15-13-10-7-2)52-38-36-50(57)41-43(52)5/h27-38,40-41,46,53-54H,6-26,39,56-57H2,1-5H3. The van der Waals surface area contributed by atoms with Crippen molar-refractivity contribution in [3.63, 3.8) is 0 Å². The SMILES string of the molecule is CCCCCCCCC(c1ccc(C(CCCC)(c2ccc(C(CCCCCCCC)c3ccc(N)cc3C)cc2)C2CCCCC2)cc1)c1ccc(N)cc1C. The van der Waals surface area contributed by atoms with Gasteiger partial charge in [-0.15, -0.1) is 0 Å². The second-order valence-corrected chi connectivity index (χ2v) is 18.1. The van der Waals surface area contributed by atoms with Gasteiger partial charge in [-0.2, -0.15) is 0 Å². The van der Waals surface area contributed by atoms with Crippen molar-refractivity contribution in [3.8, 4) is 0 Å². The van der Waals surface area contributed by atoms with Crippen molar-refractivity contribution in [1.29, 1.82) is 0 Å². The Labute approximate surface area is 350 Å². The molecule has 4 aromatic rings.